The van der Waals surface area contributed by atoms with Gasteiger partial charge in [0.15, 0.2) is 0 Å². The molecule has 2 aliphatic heterocycles. The third kappa shape index (κ3) is 1.64. The van der Waals surface area contributed by atoms with E-state index in [1.165, 1.54) is 51.7 Å². The Hall–Kier alpha value is -0.0800. The summed E-state index contributed by atoms with van der Waals surface area (Å²) in [7, 11) is 2.26. The maximum absolute atomic E-state index is 3.70. The van der Waals surface area contributed by atoms with Crippen LogP contribution in [0.15, 0.2) is 0 Å². The van der Waals surface area contributed by atoms with Crippen LogP contribution < -0.4 is 5.32 Å². The molecule has 0 amide bonds. The smallest absolute Gasteiger partial charge is 0.0309 e. The van der Waals surface area contributed by atoms with Gasteiger partial charge in [0.2, 0.25) is 0 Å². The van der Waals surface area contributed by atoms with Crippen LogP contribution in [0.3, 0.4) is 0 Å². The average Bonchev–Trinajstić information content (AvgIpc) is 2.39. The maximum atomic E-state index is 3.70. The quantitative estimate of drug-likeness (QED) is 0.585. The van der Waals surface area contributed by atoms with Crippen LogP contribution in [0, 0.1) is 0 Å². The highest BCUT2D eigenvalue weighted by atomic mass is 15.2. The van der Waals surface area contributed by atoms with Crippen molar-refractivity contribution in [2.75, 3.05) is 26.7 Å². The molecule has 2 rings (SSSR count). The van der Waals surface area contributed by atoms with E-state index >= 15 is 0 Å². The van der Waals surface area contributed by atoms with E-state index in [1.54, 1.807) is 0 Å². The number of nitrogens with one attached hydrogen (secondary N) is 1. The first-order valence-corrected chi connectivity index (χ1v) is 5.24. The second-order valence-electron chi connectivity index (χ2n) is 4.51. The average molecular weight is 168 g/mol. The molecule has 2 aliphatic rings. The first kappa shape index (κ1) is 8.52. The Morgan fingerprint density at radius 1 is 1.17 bits per heavy atom. The molecule has 1 N–H and O–H groups in total. The van der Waals surface area contributed by atoms with E-state index in [9.17, 15) is 0 Å². The SMILES string of the molecule is CN1CCCCC2(CCCN2)C1. The van der Waals surface area contributed by atoms with Gasteiger partial charge in [-0.3, -0.25) is 0 Å². The van der Waals surface area contributed by atoms with Crippen molar-refractivity contribution in [2.45, 2.75) is 37.6 Å². The zero-order valence-corrected chi connectivity index (χ0v) is 8.10. The van der Waals surface area contributed by atoms with Crippen molar-refractivity contribution in [3.8, 4) is 0 Å². The van der Waals surface area contributed by atoms with E-state index in [-0.39, 0.29) is 0 Å². The molecule has 0 aromatic rings. The van der Waals surface area contributed by atoms with Crippen LogP contribution in [0.5, 0.6) is 0 Å². The van der Waals surface area contributed by atoms with Gasteiger partial charge in [0.25, 0.3) is 0 Å². The van der Waals surface area contributed by atoms with Crippen molar-refractivity contribution in [3.05, 3.63) is 0 Å². The molecule has 12 heavy (non-hydrogen) atoms. The summed E-state index contributed by atoms with van der Waals surface area (Å²) in [6, 6.07) is 0. The van der Waals surface area contributed by atoms with Crippen LogP contribution in [0.1, 0.15) is 32.1 Å². The van der Waals surface area contributed by atoms with Gasteiger partial charge < -0.3 is 10.2 Å². The number of hydrogen-bond donors (Lipinski definition) is 1. The molecular formula is C10H20N2. The molecule has 0 radical (unpaired) electrons. The monoisotopic (exact) mass is 168 g/mol. The van der Waals surface area contributed by atoms with E-state index in [1.807, 2.05) is 0 Å². The molecule has 2 heterocycles. The summed E-state index contributed by atoms with van der Waals surface area (Å²) in [6.45, 7) is 3.81. The first-order valence-electron chi connectivity index (χ1n) is 5.24. The highest BCUT2D eigenvalue weighted by Crippen LogP contribution is 2.28. The number of hydrogen-bond acceptors (Lipinski definition) is 2. The second kappa shape index (κ2) is 3.35. The van der Waals surface area contributed by atoms with Gasteiger partial charge in [-0.1, -0.05) is 6.42 Å². The predicted octanol–water partition coefficient (Wildman–Crippen LogP) is 1.22. The Morgan fingerprint density at radius 2 is 2.00 bits per heavy atom. The minimum absolute atomic E-state index is 0.505. The fourth-order valence-corrected chi connectivity index (χ4v) is 2.74. The van der Waals surface area contributed by atoms with Crippen LogP contribution in [0.2, 0.25) is 0 Å². The Kier molecular flexibility index (Phi) is 2.37. The normalized spacial score (nSPS) is 38.8. The minimum Gasteiger partial charge on any atom is -0.310 e. The lowest BCUT2D eigenvalue weighted by Crippen LogP contribution is -2.47. The van der Waals surface area contributed by atoms with E-state index in [2.05, 4.69) is 17.3 Å². The topological polar surface area (TPSA) is 15.3 Å². The zero-order chi connectivity index (χ0) is 8.44. The number of rotatable bonds is 0. The predicted molar refractivity (Wildman–Crippen MR) is 51.3 cm³/mol. The molecule has 0 aromatic heterocycles. The summed E-state index contributed by atoms with van der Waals surface area (Å²) in [5.74, 6) is 0. The standard InChI is InChI=1S/C10H20N2/c1-12-8-3-2-5-10(9-12)6-4-7-11-10/h11H,2-9H2,1H3. The molecule has 2 fully saturated rings. The van der Waals surface area contributed by atoms with Gasteiger partial charge in [0.1, 0.15) is 0 Å². The van der Waals surface area contributed by atoms with Crippen molar-refractivity contribution in [1.29, 1.82) is 0 Å². The Morgan fingerprint density at radius 3 is 2.75 bits per heavy atom. The van der Waals surface area contributed by atoms with Crippen molar-refractivity contribution >= 4 is 0 Å². The second-order valence-corrected chi connectivity index (χ2v) is 4.51. The van der Waals surface area contributed by atoms with Gasteiger partial charge in [0.05, 0.1) is 0 Å². The lowest BCUT2D eigenvalue weighted by molar-refractivity contribution is 0.244. The van der Waals surface area contributed by atoms with Crippen LogP contribution in [-0.2, 0) is 0 Å². The summed E-state index contributed by atoms with van der Waals surface area (Å²) >= 11 is 0. The molecule has 2 nitrogen and oxygen atoms in total. The fraction of sp³-hybridized carbons (Fsp3) is 1.00. The lowest BCUT2D eigenvalue weighted by Gasteiger charge is -2.31. The molecule has 1 unspecified atom stereocenters. The van der Waals surface area contributed by atoms with Crippen molar-refractivity contribution in [3.63, 3.8) is 0 Å². The minimum atomic E-state index is 0.505. The molecule has 2 saturated heterocycles. The summed E-state index contributed by atoms with van der Waals surface area (Å²) in [6.07, 6.45) is 6.99. The zero-order valence-electron chi connectivity index (χ0n) is 8.10. The van der Waals surface area contributed by atoms with Gasteiger partial charge >= 0.3 is 0 Å². The molecule has 1 spiro atoms. The van der Waals surface area contributed by atoms with E-state index in [4.69, 9.17) is 0 Å². The highest BCUT2D eigenvalue weighted by Gasteiger charge is 2.34. The first-order chi connectivity index (χ1) is 5.81. The highest BCUT2D eigenvalue weighted by molar-refractivity contribution is 4.96. The van der Waals surface area contributed by atoms with E-state index in [0.29, 0.717) is 5.54 Å². The fourth-order valence-electron chi connectivity index (χ4n) is 2.74. The number of nitrogens with zero attached hydrogens (tertiary/aromatic N) is 1. The Balaban J connectivity index is 2.02. The van der Waals surface area contributed by atoms with Gasteiger partial charge in [-0.2, -0.15) is 0 Å². The van der Waals surface area contributed by atoms with Crippen molar-refractivity contribution in [1.82, 2.24) is 10.2 Å². The summed E-state index contributed by atoms with van der Waals surface area (Å²) in [5, 5.41) is 3.70. The van der Waals surface area contributed by atoms with Gasteiger partial charge in [-0.25, -0.2) is 0 Å². The van der Waals surface area contributed by atoms with Gasteiger partial charge in [0, 0.05) is 12.1 Å². The maximum Gasteiger partial charge on any atom is 0.0309 e. The van der Waals surface area contributed by atoms with E-state index < -0.39 is 0 Å². The molecule has 0 aromatic carbocycles. The molecule has 2 heteroatoms. The molecule has 0 saturated carbocycles. The summed E-state index contributed by atoms with van der Waals surface area (Å²) < 4.78 is 0. The third-order valence-corrected chi connectivity index (χ3v) is 3.35. The van der Waals surface area contributed by atoms with Gasteiger partial charge in [-0.15, -0.1) is 0 Å². The van der Waals surface area contributed by atoms with Crippen molar-refractivity contribution in [2.24, 2.45) is 0 Å². The number of likely N-dealkylation sites (tertiary alicyclic amines) is 1. The van der Waals surface area contributed by atoms with E-state index in [0.717, 1.165) is 0 Å². The summed E-state index contributed by atoms with van der Waals surface area (Å²) in [4.78, 5) is 2.49. The Bertz CT molecular complexity index is 150. The van der Waals surface area contributed by atoms with Crippen molar-refractivity contribution < 1.29 is 0 Å². The summed E-state index contributed by atoms with van der Waals surface area (Å²) in [5.41, 5.74) is 0.505. The van der Waals surface area contributed by atoms with Crippen LogP contribution in [0.25, 0.3) is 0 Å². The molecule has 1 atom stereocenters. The third-order valence-electron chi connectivity index (χ3n) is 3.35. The van der Waals surface area contributed by atoms with Gasteiger partial charge in [-0.05, 0) is 45.8 Å². The largest absolute Gasteiger partial charge is 0.310 e. The van der Waals surface area contributed by atoms with Crippen LogP contribution in [0.4, 0.5) is 0 Å². The molecular weight excluding hydrogens is 148 g/mol. The number of likely N-dealkylation sites (N-methyl/N-ethyl adjacent to an activating group) is 1. The van der Waals surface area contributed by atoms with Crippen LogP contribution in [-0.4, -0.2) is 37.1 Å². The lowest BCUT2D eigenvalue weighted by atomic mass is 9.92. The molecule has 0 aliphatic carbocycles. The molecule has 0 bridgehead atoms. The molecule has 70 valence electrons. The van der Waals surface area contributed by atoms with Crippen LogP contribution >= 0.6 is 0 Å². The Labute approximate surface area is 75.3 Å².